The van der Waals surface area contributed by atoms with Gasteiger partial charge >= 0.3 is 5.97 Å². The Labute approximate surface area is 109 Å². The Hall–Kier alpha value is -1.68. The summed E-state index contributed by atoms with van der Waals surface area (Å²) in [5.74, 6) is -2.85. The Morgan fingerprint density at radius 3 is 1.74 bits per heavy atom. The molecule has 0 heterocycles. The Kier molecular flexibility index (Phi) is 8.46. The summed E-state index contributed by atoms with van der Waals surface area (Å²) in [7, 11) is 0. The van der Waals surface area contributed by atoms with Crippen LogP contribution in [-0.4, -0.2) is 33.0 Å². The Bertz CT molecular complexity index is 269. The number of rotatable bonds is 12. The first kappa shape index (κ1) is 17.3. The quantitative estimate of drug-likeness (QED) is 0.231. The average molecular weight is 282 g/mol. The molecule has 0 aromatic heterocycles. The lowest BCUT2D eigenvalue weighted by Crippen LogP contribution is -2.39. The van der Waals surface area contributed by atoms with Crippen molar-refractivity contribution in [2.75, 3.05) is 6.61 Å². The molecule has 2 N–H and O–H groups in total. The summed E-state index contributed by atoms with van der Waals surface area (Å²) < 4.78 is 0. The first-order valence-corrected chi connectivity index (χ1v) is 5.90. The third-order valence-electron chi connectivity index (χ3n) is 2.34. The van der Waals surface area contributed by atoms with E-state index in [0.717, 1.165) is 19.3 Å². The maximum absolute atomic E-state index is 10.1. The standard InChI is InChI=1S/C9H18N2O8/c12-8-6-4-2-1-3-5-7-9(13,18-10(14)15)19-11(16)17/h12-13H,1-8H2. The van der Waals surface area contributed by atoms with Crippen molar-refractivity contribution in [3.8, 4) is 0 Å². The van der Waals surface area contributed by atoms with E-state index in [9.17, 15) is 25.3 Å². The van der Waals surface area contributed by atoms with Crippen molar-refractivity contribution in [3.63, 3.8) is 0 Å². The largest absolute Gasteiger partial charge is 0.396 e. The monoisotopic (exact) mass is 282 g/mol. The van der Waals surface area contributed by atoms with E-state index >= 15 is 0 Å². The molecular formula is C9H18N2O8. The van der Waals surface area contributed by atoms with Gasteiger partial charge in [0.25, 0.3) is 10.2 Å². The fourth-order valence-corrected chi connectivity index (χ4v) is 1.51. The van der Waals surface area contributed by atoms with Crippen LogP contribution in [0, 0.1) is 20.2 Å². The van der Waals surface area contributed by atoms with Gasteiger partial charge in [-0.1, -0.05) is 25.7 Å². The molecule has 0 unspecified atom stereocenters. The molecule has 0 amide bonds. The summed E-state index contributed by atoms with van der Waals surface area (Å²) >= 11 is 0. The van der Waals surface area contributed by atoms with Crippen LogP contribution in [0.3, 0.4) is 0 Å². The number of aliphatic hydroxyl groups is 2. The second kappa shape index (κ2) is 9.28. The number of unbranched alkanes of at least 4 members (excludes halogenated alkanes) is 5. The lowest BCUT2D eigenvalue weighted by atomic mass is 10.1. The maximum Gasteiger partial charge on any atom is 0.364 e. The molecule has 10 nitrogen and oxygen atoms in total. The van der Waals surface area contributed by atoms with Crippen LogP contribution in [0.4, 0.5) is 0 Å². The zero-order chi connectivity index (χ0) is 14.7. The van der Waals surface area contributed by atoms with Crippen molar-refractivity contribution in [1.82, 2.24) is 0 Å². The van der Waals surface area contributed by atoms with Crippen molar-refractivity contribution in [3.05, 3.63) is 20.2 Å². The molecule has 0 aliphatic carbocycles. The van der Waals surface area contributed by atoms with Crippen LogP contribution in [0.2, 0.25) is 0 Å². The summed E-state index contributed by atoms with van der Waals surface area (Å²) in [6.45, 7) is 0.132. The molecule has 0 bridgehead atoms. The van der Waals surface area contributed by atoms with Crippen molar-refractivity contribution in [2.24, 2.45) is 0 Å². The molecule has 0 fully saturated rings. The zero-order valence-corrected chi connectivity index (χ0v) is 10.4. The highest BCUT2D eigenvalue weighted by atomic mass is 17.1. The van der Waals surface area contributed by atoms with Gasteiger partial charge in [0, 0.05) is 13.0 Å². The van der Waals surface area contributed by atoms with Crippen LogP contribution in [-0.2, 0) is 9.68 Å². The molecule has 0 radical (unpaired) electrons. The molecule has 0 saturated carbocycles. The van der Waals surface area contributed by atoms with E-state index < -0.39 is 16.1 Å². The molecular weight excluding hydrogens is 264 g/mol. The maximum atomic E-state index is 10.1. The minimum Gasteiger partial charge on any atom is -0.396 e. The molecule has 0 aromatic carbocycles. The van der Waals surface area contributed by atoms with Crippen LogP contribution >= 0.6 is 0 Å². The lowest BCUT2D eigenvalue weighted by Gasteiger charge is -2.22. The summed E-state index contributed by atoms with van der Waals surface area (Å²) in [4.78, 5) is 27.8. The highest BCUT2D eigenvalue weighted by molar-refractivity contribution is 4.52. The first-order valence-electron chi connectivity index (χ1n) is 5.90. The van der Waals surface area contributed by atoms with Crippen molar-refractivity contribution >= 4 is 0 Å². The smallest absolute Gasteiger partial charge is 0.364 e. The third-order valence-corrected chi connectivity index (χ3v) is 2.34. The second-order valence-electron chi connectivity index (χ2n) is 3.94. The molecule has 0 rings (SSSR count). The van der Waals surface area contributed by atoms with Gasteiger partial charge in [0.15, 0.2) is 0 Å². The molecule has 10 heteroatoms. The summed E-state index contributed by atoms with van der Waals surface area (Å²) in [5, 5.41) is 35.5. The zero-order valence-electron chi connectivity index (χ0n) is 10.4. The van der Waals surface area contributed by atoms with Crippen molar-refractivity contribution in [2.45, 2.75) is 50.9 Å². The highest BCUT2D eigenvalue weighted by Gasteiger charge is 2.35. The van der Waals surface area contributed by atoms with Gasteiger partial charge in [0.2, 0.25) is 0 Å². The van der Waals surface area contributed by atoms with Gasteiger partial charge in [-0.3, -0.25) is 0 Å². The van der Waals surface area contributed by atoms with Crippen LogP contribution in [0.15, 0.2) is 0 Å². The molecule has 112 valence electrons. The van der Waals surface area contributed by atoms with Gasteiger partial charge in [-0.15, -0.1) is 20.2 Å². The summed E-state index contributed by atoms with van der Waals surface area (Å²) in [6, 6.07) is 0. The molecule has 0 atom stereocenters. The molecule has 19 heavy (non-hydrogen) atoms. The van der Waals surface area contributed by atoms with Gasteiger partial charge < -0.3 is 10.2 Å². The first-order chi connectivity index (χ1) is 8.89. The van der Waals surface area contributed by atoms with Crippen molar-refractivity contribution < 1.29 is 30.1 Å². The Balaban J connectivity index is 3.92. The van der Waals surface area contributed by atoms with E-state index in [1.54, 1.807) is 0 Å². The van der Waals surface area contributed by atoms with E-state index in [1.165, 1.54) is 0 Å². The topological polar surface area (TPSA) is 145 Å². The van der Waals surface area contributed by atoms with Gasteiger partial charge in [-0.2, -0.15) is 0 Å². The summed E-state index contributed by atoms with van der Waals surface area (Å²) in [6.07, 6.45) is 3.72. The van der Waals surface area contributed by atoms with Crippen LogP contribution < -0.4 is 0 Å². The van der Waals surface area contributed by atoms with E-state index in [1.807, 2.05) is 0 Å². The van der Waals surface area contributed by atoms with Crippen LogP contribution in [0.1, 0.15) is 44.9 Å². The normalized spacial score (nSPS) is 11.1. The third kappa shape index (κ3) is 9.97. The molecule has 0 aromatic rings. The fraction of sp³-hybridized carbons (Fsp3) is 1.00. The van der Waals surface area contributed by atoms with Crippen LogP contribution in [0.5, 0.6) is 0 Å². The van der Waals surface area contributed by atoms with E-state index in [4.69, 9.17) is 5.11 Å². The predicted molar refractivity (Wildman–Crippen MR) is 60.5 cm³/mol. The second-order valence-corrected chi connectivity index (χ2v) is 3.94. The van der Waals surface area contributed by atoms with Gasteiger partial charge in [0.1, 0.15) is 0 Å². The SMILES string of the molecule is O=[N+]([O-])OC(O)(CCCCCCCCO)O[N+](=O)[O-]. The van der Waals surface area contributed by atoms with Gasteiger partial charge in [0.05, 0.1) is 0 Å². The van der Waals surface area contributed by atoms with Crippen molar-refractivity contribution in [1.29, 1.82) is 0 Å². The van der Waals surface area contributed by atoms with E-state index in [0.29, 0.717) is 12.8 Å². The number of nitrogens with zero attached hydrogens (tertiary/aromatic N) is 2. The highest BCUT2D eigenvalue weighted by Crippen LogP contribution is 2.19. The Morgan fingerprint density at radius 2 is 1.32 bits per heavy atom. The lowest BCUT2D eigenvalue weighted by molar-refractivity contribution is -0.894. The molecule has 0 aliphatic rings. The van der Waals surface area contributed by atoms with Gasteiger partial charge in [-0.05, 0) is 12.8 Å². The van der Waals surface area contributed by atoms with E-state index in [-0.39, 0.29) is 19.4 Å². The molecule has 0 aliphatic heterocycles. The Morgan fingerprint density at radius 1 is 0.895 bits per heavy atom. The minimum atomic E-state index is -2.85. The minimum absolute atomic E-state index is 0.132. The number of aliphatic hydroxyl groups excluding tert-OH is 1. The average Bonchev–Trinajstić information content (AvgIpc) is 2.25. The van der Waals surface area contributed by atoms with Crippen LogP contribution in [0.25, 0.3) is 0 Å². The fourth-order valence-electron chi connectivity index (χ4n) is 1.51. The summed E-state index contributed by atoms with van der Waals surface area (Å²) in [5.41, 5.74) is 0. The van der Waals surface area contributed by atoms with Gasteiger partial charge in [-0.25, -0.2) is 9.68 Å². The predicted octanol–water partition coefficient (Wildman–Crippen LogP) is 0.772. The molecule has 0 spiro atoms. The molecule has 0 saturated heterocycles. The van der Waals surface area contributed by atoms with E-state index in [2.05, 4.69) is 9.68 Å². The number of hydrogen-bond donors (Lipinski definition) is 2. The number of hydrogen-bond acceptors (Lipinski definition) is 8.